The third-order valence-electron chi connectivity index (χ3n) is 6.73. The van der Waals surface area contributed by atoms with Crippen LogP contribution in [0.5, 0.6) is 0 Å². The minimum Gasteiger partial charge on any atom is -0.369 e. The maximum Gasteiger partial charge on any atom is 0.251 e. The zero-order valence-electron chi connectivity index (χ0n) is 21.0. The van der Waals surface area contributed by atoms with Crippen LogP contribution in [0.1, 0.15) is 54.4 Å². The number of carbonyl (C=O) groups excluding carboxylic acids is 4. The smallest absolute Gasteiger partial charge is 0.251 e. The maximum atomic E-state index is 13.5. The van der Waals surface area contributed by atoms with Gasteiger partial charge in [-0.1, -0.05) is 55.0 Å². The second-order valence-corrected chi connectivity index (χ2v) is 9.48. The van der Waals surface area contributed by atoms with Gasteiger partial charge in [0.05, 0.1) is 5.92 Å². The van der Waals surface area contributed by atoms with Crippen molar-refractivity contribution in [3.8, 4) is 0 Å². The molecule has 1 aliphatic rings. The van der Waals surface area contributed by atoms with Gasteiger partial charge >= 0.3 is 0 Å². The highest BCUT2D eigenvalue weighted by Gasteiger charge is 2.35. The Morgan fingerprint density at radius 3 is 2.16 bits per heavy atom. The van der Waals surface area contributed by atoms with Crippen molar-refractivity contribution in [1.29, 1.82) is 0 Å². The summed E-state index contributed by atoms with van der Waals surface area (Å²) in [4.78, 5) is 51.4. The molecule has 0 bridgehead atoms. The van der Waals surface area contributed by atoms with E-state index in [0.29, 0.717) is 44.2 Å². The Bertz CT molecular complexity index is 1050. The number of hydrogen-bond acceptors (Lipinski definition) is 5. The Hall–Kier alpha value is -3.72. The predicted molar refractivity (Wildman–Crippen MR) is 141 cm³/mol. The lowest BCUT2D eigenvalue weighted by Crippen LogP contribution is -2.56. The fraction of sp³-hybridized carbons (Fsp3) is 0.429. The summed E-state index contributed by atoms with van der Waals surface area (Å²) in [5.41, 5.74) is 12.5. The molecule has 4 amide bonds. The summed E-state index contributed by atoms with van der Waals surface area (Å²) in [5, 5.41) is 8.60. The Morgan fingerprint density at radius 2 is 1.51 bits per heavy atom. The van der Waals surface area contributed by atoms with Gasteiger partial charge in [-0.25, -0.2) is 0 Å². The van der Waals surface area contributed by atoms with E-state index >= 15 is 0 Å². The molecule has 2 aromatic rings. The third kappa shape index (κ3) is 8.42. The lowest BCUT2D eigenvalue weighted by Gasteiger charge is -2.26. The molecule has 37 heavy (non-hydrogen) atoms. The first-order chi connectivity index (χ1) is 17.9. The highest BCUT2D eigenvalue weighted by atomic mass is 16.2. The van der Waals surface area contributed by atoms with Gasteiger partial charge in [-0.3, -0.25) is 19.2 Å². The van der Waals surface area contributed by atoms with E-state index in [1.54, 1.807) is 24.3 Å². The summed E-state index contributed by atoms with van der Waals surface area (Å²) >= 11 is 0. The highest BCUT2D eigenvalue weighted by molar-refractivity contribution is 5.98. The fourth-order valence-electron chi connectivity index (χ4n) is 4.68. The monoisotopic (exact) mass is 507 g/mol. The molecule has 0 radical (unpaired) electrons. The van der Waals surface area contributed by atoms with Crippen LogP contribution >= 0.6 is 0 Å². The predicted octanol–water partition coefficient (Wildman–Crippen LogP) is 1.41. The SMILES string of the molecule is NCCCC[C@H](NC(=O)[C@H](Cc1ccccc1)NC(=O)c1ccccc1)C(=O)N[C@@H]1CCC[C@H]1C(N)=O. The van der Waals surface area contributed by atoms with Crippen molar-refractivity contribution in [3.63, 3.8) is 0 Å². The first-order valence-corrected chi connectivity index (χ1v) is 12.9. The van der Waals surface area contributed by atoms with Gasteiger partial charge in [-0.15, -0.1) is 0 Å². The Kier molecular flexibility index (Phi) is 10.6. The summed E-state index contributed by atoms with van der Waals surface area (Å²) in [6, 6.07) is 15.9. The van der Waals surface area contributed by atoms with Crippen LogP contribution in [0.4, 0.5) is 0 Å². The molecule has 0 aliphatic heterocycles. The van der Waals surface area contributed by atoms with E-state index in [-0.39, 0.29) is 24.3 Å². The minimum atomic E-state index is -0.898. The Labute approximate surface area is 217 Å². The summed E-state index contributed by atoms with van der Waals surface area (Å²) < 4.78 is 0. The van der Waals surface area contributed by atoms with Gasteiger partial charge in [0.2, 0.25) is 17.7 Å². The van der Waals surface area contributed by atoms with Crippen LogP contribution in [-0.2, 0) is 20.8 Å². The standard InChI is InChI=1S/C28H37N5O4/c29-17-8-7-15-23(27(36)31-22-16-9-14-21(22)25(30)34)32-28(37)24(18-19-10-3-1-4-11-19)33-26(35)20-12-5-2-6-13-20/h1-6,10-13,21-24H,7-9,14-18,29H2,(H2,30,34)(H,31,36)(H,32,37)(H,33,35)/t21-,22-,23+,24+/m1/s1. The summed E-state index contributed by atoms with van der Waals surface area (Å²) in [7, 11) is 0. The molecule has 0 spiro atoms. The normalized spacial score (nSPS) is 18.4. The van der Waals surface area contributed by atoms with E-state index in [4.69, 9.17) is 11.5 Å². The van der Waals surface area contributed by atoms with Crippen LogP contribution in [0, 0.1) is 5.92 Å². The lowest BCUT2D eigenvalue weighted by atomic mass is 10.0. The Morgan fingerprint density at radius 1 is 0.838 bits per heavy atom. The number of nitrogens with one attached hydrogen (secondary N) is 3. The van der Waals surface area contributed by atoms with Crippen LogP contribution < -0.4 is 27.4 Å². The van der Waals surface area contributed by atoms with Crippen molar-refractivity contribution in [2.45, 2.75) is 63.1 Å². The first-order valence-electron chi connectivity index (χ1n) is 12.9. The van der Waals surface area contributed by atoms with Crippen LogP contribution in [0.15, 0.2) is 60.7 Å². The van der Waals surface area contributed by atoms with Crippen LogP contribution in [-0.4, -0.2) is 48.3 Å². The molecule has 2 aromatic carbocycles. The number of nitrogens with two attached hydrogens (primary N) is 2. The van der Waals surface area contributed by atoms with Gasteiger partial charge < -0.3 is 27.4 Å². The number of unbranched alkanes of at least 4 members (excludes halogenated alkanes) is 1. The zero-order valence-corrected chi connectivity index (χ0v) is 21.0. The van der Waals surface area contributed by atoms with Crippen LogP contribution in [0.3, 0.4) is 0 Å². The van der Waals surface area contributed by atoms with E-state index in [9.17, 15) is 19.2 Å². The number of hydrogen-bond donors (Lipinski definition) is 5. The van der Waals surface area contributed by atoms with E-state index < -0.39 is 29.8 Å². The van der Waals surface area contributed by atoms with Gasteiger partial charge in [0.1, 0.15) is 12.1 Å². The van der Waals surface area contributed by atoms with Gasteiger partial charge in [0.25, 0.3) is 5.91 Å². The zero-order chi connectivity index (χ0) is 26.6. The molecule has 9 nitrogen and oxygen atoms in total. The summed E-state index contributed by atoms with van der Waals surface area (Å²) in [5.74, 6) is -2.05. The van der Waals surface area contributed by atoms with E-state index in [1.165, 1.54) is 0 Å². The minimum absolute atomic E-state index is 0.259. The number of amides is 4. The molecule has 7 N–H and O–H groups in total. The van der Waals surface area contributed by atoms with Gasteiger partial charge in [-0.05, 0) is 56.3 Å². The van der Waals surface area contributed by atoms with Crippen molar-refractivity contribution in [1.82, 2.24) is 16.0 Å². The molecular formula is C28H37N5O4. The van der Waals surface area contributed by atoms with E-state index in [0.717, 1.165) is 12.0 Å². The van der Waals surface area contributed by atoms with E-state index in [1.807, 2.05) is 36.4 Å². The average Bonchev–Trinajstić information content (AvgIpc) is 3.37. The van der Waals surface area contributed by atoms with Crippen molar-refractivity contribution < 1.29 is 19.2 Å². The maximum absolute atomic E-state index is 13.5. The van der Waals surface area contributed by atoms with Crippen LogP contribution in [0.25, 0.3) is 0 Å². The molecule has 0 saturated heterocycles. The molecule has 1 fully saturated rings. The number of benzene rings is 2. The Balaban J connectivity index is 1.75. The molecule has 9 heteroatoms. The molecule has 1 aliphatic carbocycles. The van der Waals surface area contributed by atoms with Crippen LogP contribution in [0.2, 0.25) is 0 Å². The highest BCUT2D eigenvalue weighted by Crippen LogP contribution is 2.25. The molecule has 0 unspecified atom stereocenters. The number of rotatable bonds is 13. The van der Waals surface area contributed by atoms with Crippen molar-refractivity contribution in [3.05, 3.63) is 71.8 Å². The molecule has 3 rings (SSSR count). The number of primary amides is 1. The first kappa shape index (κ1) is 27.9. The molecule has 198 valence electrons. The average molecular weight is 508 g/mol. The topological polar surface area (TPSA) is 156 Å². The van der Waals surface area contributed by atoms with Gasteiger partial charge in [-0.2, -0.15) is 0 Å². The molecule has 0 aromatic heterocycles. The van der Waals surface area contributed by atoms with E-state index in [2.05, 4.69) is 16.0 Å². The summed E-state index contributed by atoms with van der Waals surface area (Å²) in [6.45, 7) is 0.471. The van der Waals surface area contributed by atoms with Crippen molar-refractivity contribution in [2.24, 2.45) is 17.4 Å². The summed E-state index contributed by atoms with van der Waals surface area (Å²) in [6.07, 6.45) is 4.07. The molecule has 4 atom stereocenters. The third-order valence-corrected chi connectivity index (χ3v) is 6.73. The molecule has 1 saturated carbocycles. The largest absolute Gasteiger partial charge is 0.369 e. The second-order valence-electron chi connectivity index (χ2n) is 9.48. The quantitative estimate of drug-likeness (QED) is 0.259. The van der Waals surface area contributed by atoms with Crippen molar-refractivity contribution >= 4 is 23.6 Å². The fourth-order valence-corrected chi connectivity index (χ4v) is 4.68. The second kappa shape index (κ2) is 14.1. The van der Waals surface area contributed by atoms with Gasteiger partial charge in [0.15, 0.2) is 0 Å². The van der Waals surface area contributed by atoms with Gasteiger partial charge in [0, 0.05) is 18.0 Å². The lowest BCUT2D eigenvalue weighted by molar-refractivity contribution is -0.131. The molecular weight excluding hydrogens is 470 g/mol. The number of carbonyl (C=O) groups is 4. The van der Waals surface area contributed by atoms with Crippen molar-refractivity contribution in [2.75, 3.05) is 6.54 Å². The molecule has 0 heterocycles.